The summed E-state index contributed by atoms with van der Waals surface area (Å²) in [6.45, 7) is 1.68. The highest BCUT2D eigenvalue weighted by Crippen LogP contribution is 2.65. The average molecular weight is 397 g/mol. The molecule has 1 amide bonds. The molecule has 26 heavy (non-hydrogen) atoms. The van der Waals surface area contributed by atoms with E-state index in [-0.39, 0.29) is 28.7 Å². The van der Waals surface area contributed by atoms with Crippen LogP contribution in [0.3, 0.4) is 0 Å². The van der Waals surface area contributed by atoms with Gasteiger partial charge in [0, 0.05) is 29.6 Å². The van der Waals surface area contributed by atoms with E-state index >= 15 is 0 Å². The van der Waals surface area contributed by atoms with E-state index < -0.39 is 15.4 Å². The standard InChI is InChI=1S/C18H24N2O4S2/c21-16(15-13-1-2-18(15,9-13)14-10-19-12-25-14)20-5-6-24-17(11-20)3-7-26(22,23)8-4-17/h10,12-13,15H,1-9,11H2. The van der Waals surface area contributed by atoms with Crippen molar-refractivity contribution < 1.29 is 17.9 Å². The number of hydrogen-bond acceptors (Lipinski definition) is 6. The summed E-state index contributed by atoms with van der Waals surface area (Å²) >= 11 is 1.67. The van der Waals surface area contributed by atoms with Crippen molar-refractivity contribution in [2.45, 2.75) is 43.1 Å². The second kappa shape index (κ2) is 5.75. The van der Waals surface area contributed by atoms with Gasteiger partial charge in [0.25, 0.3) is 0 Å². The van der Waals surface area contributed by atoms with Crippen LogP contribution in [0.25, 0.3) is 0 Å². The highest BCUT2D eigenvalue weighted by molar-refractivity contribution is 7.91. The van der Waals surface area contributed by atoms with E-state index in [0.29, 0.717) is 38.5 Å². The van der Waals surface area contributed by atoms with E-state index in [1.165, 1.54) is 4.88 Å². The van der Waals surface area contributed by atoms with Crippen LogP contribution in [0.1, 0.15) is 37.0 Å². The Bertz CT molecular complexity index is 804. The first kappa shape index (κ1) is 17.1. The zero-order valence-electron chi connectivity index (χ0n) is 14.7. The summed E-state index contributed by atoms with van der Waals surface area (Å²) in [4.78, 5) is 20.9. The predicted octanol–water partition coefficient (Wildman–Crippen LogP) is 1.62. The molecule has 1 aromatic heterocycles. The highest BCUT2D eigenvalue weighted by atomic mass is 32.2. The zero-order valence-corrected chi connectivity index (χ0v) is 16.4. The maximum Gasteiger partial charge on any atom is 0.227 e. The summed E-state index contributed by atoms with van der Waals surface area (Å²) in [6, 6.07) is 0. The molecule has 3 unspecified atom stereocenters. The summed E-state index contributed by atoms with van der Waals surface area (Å²) in [6.07, 6.45) is 6.28. The third kappa shape index (κ3) is 2.48. The van der Waals surface area contributed by atoms with Crippen LogP contribution in [-0.4, -0.2) is 61.0 Å². The third-order valence-electron chi connectivity index (χ3n) is 7.14. The lowest BCUT2D eigenvalue weighted by molar-refractivity contribution is -0.163. The number of thiazole rings is 1. The fraction of sp³-hybridized carbons (Fsp3) is 0.778. The van der Waals surface area contributed by atoms with Gasteiger partial charge in [-0.25, -0.2) is 8.42 Å². The van der Waals surface area contributed by atoms with Gasteiger partial charge in [0.1, 0.15) is 0 Å². The van der Waals surface area contributed by atoms with Gasteiger partial charge in [0.15, 0.2) is 9.84 Å². The fourth-order valence-corrected chi connectivity index (χ4v) is 8.17. The molecule has 0 N–H and O–H groups in total. The minimum Gasteiger partial charge on any atom is -0.371 e. The molecule has 0 aromatic carbocycles. The minimum absolute atomic E-state index is 0.00425. The Balaban J connectivity index is 1.35. The molecule has 8 heteroatoms. The van der Waals surface area contributed by atoms with Crippen LogP contribution in [0.2, 0.25) is 0 Å². The molecule has 1 aromatic rings. The van der Waals surface area contributed by atoms with E-state index in [1.807, 2.05) is 16.6 Å². The summed E-state index contributed by atoms with van der Waals surface area (Å²) < 4.78 is 29.6. The molecule has 3 saturated carbocycles. The van der Waals surface area contributed by atoms with Crippen molar-refractivity contribution in [1.82, 2.24) is 9.88 Å². The summed E-state index contributed by atoms with van der Waals surface area (Å²) in [5.41, 5.74) is 1.41. The molecular formula is C18H24N2O4S2. The normalized spacial score (nSPS) is 37.5. The molecule has 3 aliphatic carbocycles. The number of carbonyl (C=O) groups is 1. The molecule has 142 valence electrons. The van der Waals surface area contributed by atoms with E-state index in [1.54, 1.807) is 11.3 Å². The molecule has 0 radical (unpaired) electrons. The Hall–Kier alpha value is -0.990. The van der Waals surface area contributed by atoms with E-state index in [9.17, 15) is 13.2 Å². The molecule has 2 bridgehead atoms. The number of morpholine rings is 1. The predicted molar refractivity (Wildman–Crippen MR) is 97.8 cm³/mol. The van der Waals surface area contributed by atoms with Crippen molar-refractivity contribution in [3.05, 3.63) is 16.6 Å². The lowest BCUT2D eigenvalue weighted by atomic mass is 9.59. The Morgan fingerprint density at radius 2 is 2.12 bits per heavy atom. The van der Waals surface area contributed by atoms with Crippen molar-refractivity contribution >= 4 is 27.1 Å². The van der Waals surface area contributed by atoms with E-state index in [0.717, 1.165) is 19.3 Å². The molecule has 1 spiro atoms. The molecular weight excluding hydrogens is 372 g/mol. The van der Waals surface area contributed by atoms with Crippen LogP contribution in [0, 0.1) is 11.8 Å². The Morgan fingerprint density at radius 3 is 2.81 bits per heavy atom. The molecule has 5 fully saturated rings. The second-order valence-corrected chi connectivity index (χ2v) is 11.6. The van der Waals surface area contributed by atoms with Crippen LogP contribution in [0.4, 0.5) is 0 Å². The Labute approximate surface area is 157 Å². The SMILES string of the molecule is O=C(C1C2CCC1(c1cncs1)C2)N1CCOC2(CCS(=O)(=O)CC2)C1. The number of ether oxygens (including phenoxy) is 1. The summed E-state index contributed by atoms with van der Waals surface area (Å²) in [7, 11) is -2.94. The maximum absolute atomic E-state index is 13.4. The Kier molecular flexibility index (Phi) is 3.79. The zero-order chi connectivity index (χ0) is 18.0. The minimum atomic E-state index is -2.94. The van der Waals surface area contributed by atoms with Gasteiger partial charge in [-0.3, -0.25) is 9.78 Å². The molecule has 3 atom stereocenters. The van der Waals surface area contributed by atoms with Crippen LogP contribution in [0.15, 0.2) is 11.7 Å². The first-order valence-corrected chi connectivity index (χ1v) is 12.2. The third-order valence-corrected chi connectivity index (χ3v) is 9.79. The van der Waals surface area contributed by atoms with E-state index in [4.69, 9.17) is 4.74 Å². The largest absolute Gasteiger partial charge is 0.371 e. The number of sulfone groups is 1. The van der Waals surface area contributed by atoms with Crippen LogP contribution in [0.5, 0.6) is 0 Å². The second-order valence-electron chi connectivity index (χ2n) is 8.45. The molecule has 6 rings (SSSR count). The van der Waals surface area contributed by atoms with Crippen LogP contribution < -0.4 is 0 Å². The fourth-order valence-electron chi connectivity index (χ4n) is 5.69. The van der Waals surface area contributed by atoms with Gasteiger partial charge >= 0.3 is 0 Å². The smallest absolute Gasteiger partial charge is 0.227 e. The van der Waals surface area contributed by atoms with Gasteiger partial charge in [-0.15, -0.1) is 11.3 Å². The molecule has 3 heterocycles. The number of amides is 1. The number of fused-ring (bicyclic) bond motifs is 1. The maximum atomic E-state index is 13.4. The van der Waals surface area contributed by atoms with Gasteiger partial charge in [0.05, 0.1) is 35.1 Å². The number of rotatable bonds is 2. The van der Waals surface area contributed by atoms with Gasteiger partial charge < -0.3 is 9.64 Å². The van der Waals surface area contributed by atoms with Crippen LogP contribution >= 0.6 is 11.3 Å². The number of carbonyl (C=O) groups excluding carboxylic acids is 1. The first-order valence-electron chi connectivity index (χ1n) is 9.45. The topological polar surface area (TPSA) is 76.6 Å². The van der Waals surface area contributed by atoms with Crippen molar-refractivity contribution in [3.8, 4) is 0 Å². The lowest BCUT2D eigenvalue weighted by Crippen LogP contribution is -2.61. The van der Waals surface area contributed by atoms with Crippen molar-refractivity contribution in [3.63, 3.8) is 0 Å². The number of hydrogen-bond donors (Lipinski definition) is 0. The molecule has 6 nitrogen and oxygen atoms in total. The molecule has 2 aliphatic heterocycles. The van der Waals surface area contributed by atoms with Gasteiger partial charge in [-0.2, -0.15) is 0 Å². The monoisotopic (exact) mass is 396 g/mol. The number of nitrogens with zero attached hydrogens (tertiary/aromatic N) is 2. The summed E-state index contributed by atoms with van der Waals surface area (Å²) in [5.74, 6) is 1.17. The lowest BCUT2D eigenvalue weighted by Gasteiger charge is -2.50. The van der Waals surface area contributed by atoms with Gasteiger partial charge in [0.2, 0.25) is 5.91 Å². The van der Waals surface area contributed by atoms with E-state index in [2.05, 4.69) is 4.98 Å². The average Bonchev–Trinajstić information content (AvgIpc) is 3.33. The Morgan fingerprint density at radius 1 is 1.31 bits per heavy atom. The van der Waals surface area contributed by atoms with Gasteiger partial charge in [-0.05, 0) is 38.0 Å². The van der Waals surface area contributed by atoms with Crippen molar-refractivity contribution in [2.75, 3.05) is 31.2 Å². The first-order chi connectivity index (χ1) is 12.4. The highest BCUT2D eigenvalue weighted by Gasteiger charge is 2.64. The molecule has 2 saturated heterocycles. The quantitative estimate of drug-likeness (QED) is 0.759. The molecule has 5 aliphatic rings. The van der Waals surface area contributed by atoms with Crippen molar-refractivity contribution in [1.29, 1.82) is 0 Å². The van der Waals surface area contributed by atoms with Gasteiger partial charge in [-0.1, -0.05) is 0 Å². The van der Waals surface area contributed by atoms with Crippen LogP contribution in [-0.2, 0) is 24.8 Å². The van der Waals surface area contributed by atoms with Crippen molar-refractivity contribution in [2.24, 2.45) is 11.8 Å². The summed E-state index contributed by atoms with van der Waals surface area (Å²) in [5, 5.41) is 0. The number of aromatic nitrogens is 1.